The highest BCUT2D eigenvalue weighted by Crippen LogP contribution is 2.08. The zero-order chi connectivity index (χ0) is 5.98. The summed E-state index contributed by atoms with van der Waals surface area (Å²) in [6.45, 7) is 0.549. The Bertz CT molecular complexity index is 171. The first kappa shape index (κ1) is 5.51. The Kier molecular flexibility index (Phi) is 1.44. The first-order chi connectivity index (χ1) is 3.84. The molecule has 0 fully saturated rings. The van der Waals surface area contributed by atoms with Crippen LogP contribution in [-0.4, -0.2) is 18.5 Å². The Balaban J connectivity index is 2.81. The van der Waals surface area contributed by atoms with Crippen LogP contribution in [0.1, 0.15) is 0 Å². The minimum Gasteiger partial charge on any atom is -0.296 e. The molecule has 42 valence electrons. The molecule has 1 heterocycles. The van der Waals surface area contributed by atoms with Gasteiger partial charge >= 0.3 is 0 Å². The summed E-state index contributed by atoms with van der Waals surface area (Å²) in [7, 11) is 0. The molecule has 2 nitrogen and oxygen atoms in total. The molecular formula is C5H4ClNO. The molecule has 1 aliphatic heterocycles. The van der Waals surface area contributed by atoms with E-state index in [0.29, 0.717) is 23.6 Å². The van der Waals surface area contributed by atoms with Crippen molar-refractivity contribution in [1.29, 1.82) is 0 Å². The van der Waals surface area contributed by atoms with Gasteiger partial charge in [-0.25, -0.2) is 0 Å². The number of hydrogen-bond acceptors (Lipinski definition) is 2. The van der Waals surface area contributed by atoms with Crippen LogP contribution in [0, 0.1) is 0 Å². The van der Waals surface area contributed by atoms with Crippen LogP contribution in [0.5, 0.6) is 0 Å². The molecule has 0 aromatic rings. The van der Waals surface area contributed by atoms with Crippen LogP contribution in [0.25, 0.3) is 0 Å². The predicted octanol–water partition coefficient (Wildman–Crippen LogP) is 0.763. The second kappa shape index (κ2) is 2.09. The van der Waals surface area contributed by atoms with Crippen molar-refractivity contribution in [3.63, 3.8) is 0 Å². The predicted molar refractivity (Wildman–Crippen MR) is 32.3 cm³/mol. The lowest BCUT2D eigenvalue weighted by molar-refractivity contribution is -0.102. The highest BCUT2D eigenvalue weighted by Gasteiger charge is 2.05. The van der Waals surface area contributed by atoms with E-state index >= 15 is 0 Å². The third kappa shape index (κ3) is 0.793. The number of rotatable bonds is 1. The molecule has 0 bridgehead atoms. The van der Waals surface area contributed by atoms with E-state index in [4.69, 9.17) is 11.6 Å². The molecule has 0 spiro atoms. The van der Waals surface area contributed by atoms with Gasteiger partial charge in [0.25, 0.3) is 0 Å². The van der Waals surface area contributed by atoms with E-state index < -0.39 is 0 Å². The lowest BCUT2D eigenvalue weighted by atomic mass is 10.4. The summed E-state index contributed by atoms with van der Waals surface area (Å²) in [4.78, 5) is 13.7. The third-order valence-electron chi connectivity index (χ3n) is 0.888. The molecule has 0 saturated heterocycles. The standard InChI is InChI=1S/C5H4ClNO/c6-4-1-2-7-5(4)3-8/h1,3H,2H2. The molecule has 0 N–H and O–H groups in total. The minimum atomic E-state index is 0.367. The molecule has 0 radical (unpaired) electrons. The quantitative estimate of drug-likeness (QED) is 0.481. The van der Waals surface area contributed by atoms with Crippen LogP contribution in [0.3, 0.4) is 0 Å². The Labute approximate surface area is 51.9 Å². The topological polar surface area (TPSA) is 29.4 Å². The van der Waals surface area contributed by atoms with Crippen LogP contribution in [-0.2, 0) is 4.79 Å². The number of halogens is 1. The Morgan fingerprint density at radius 1 is 1.88 bits per heavy atom. The molecule has 1 aliphatic rings. The van der Waals surface area contributed by atoms with Crippen molar-refractivity contribution in [3.8, 4) is 0 Å². The molecule has 0 aliphatic carbocycles. The van der Waals surface area contributed by atoms with Crippen molar-refractivity contribution < 1.29 is 4.79 Å². The summed E-state index contributed by atoms with van der Waals surface area (Å²) in [6.07, 6.45) is 2.36. The highest BCUT2D eigenvalue weighted by atomic mass is 35.5. The molecule has 1 rings (SSSR count). The van der Waals surface area contributed by atoms with Crippen LogP contribution in [0.2, 0.25) is 0 Å². The van der Waals surface area contributed by atoms with Crippen molar-refractivity contribution in [2.24, 2.45) is 4.99 Å². The molecule has 0 aromatic heterocycles. The maximum atomic E-state index is 9.96. The maximum absolute atomic E-state index is 9.96. The average molecular weight is 130 g/mol. The van der Waals surface area contributed by atoms with E-state index in [1.807, 2.05) is 0 Å². The molecule has 3 heteroatoms. The second-order valence-electron chi connectivity index (χ2n) is 1.40. The molecule has 0 aromatic carbocycles. The number of aliphatic imine (C=N–C) groups is 1. The zero-order valence-corrected chi connectivity index (χ0v) is 4.85. The van der Waals surface area contributed by atoms with Gasteiger partial charge in [-0.05, 0) is 6.08 Å². The largest absolute Gasteiger partial charge is 0.296 e. The molecular weight excluding hydrogens is 126 g/mol. The SMILES string of the molecule is O=CC1=NCC=C1Cl. The van der Waals surface area contributed by atoms with Gasteiger partial charge in [-0.1, -0.05) is 11.6 Å². The van der Waals surface area contributed by atoms with Crippen LogP contribution in [0.15, 0.2) is 16.1 Å². The van der Waals surface area contributed by atoms with Gasteiger partial charge in [-0.15, -0.1) is 0 Å². The number of carbonyl (C=O) groups is 1. The lowest BCUT2D eigenvalue weighted by Crippen LogP contribution is -1.93. The average Bonchev–Trinajstić information content (AvgIpc) is 2.14. The number of nitrogens with zero attached hydrogens (tertiary/aromatic N) is 1. The van der Waals surface area contributed by atoms with Crippen LogP contribution < -0.4 is 0 Å². The summed E-state index contributed by atoms with van der Waals surface area (Å²) in [5, 5.41) is 0.472. The number of carbonyl (C=O) groups excluding carboxylic acids is 1. The first-order valence-corrected chi connectivity index (χ1v) is 2.58. The van der Waals surface area contributed by atoms with E-state index in [-0.39, 0.29) is 0 Å². The third-order valence-corrected chi connectivity index (χ3v) is 1.24. The van der Waals surface area contributed by atoms with Crippen LogP contribution in [0.4, 0.5) is 0 Å². The normalized spacial score (nSPS) is 17.6. The fraction of sp³-hybridized carbons (Fsp3) is 0.200. The Morgan fingerprint density at radius 3 is 2.88 bits per heavy atom. The summed E-state index contributed by atoms with van der Waals surface area (Å²) >= 11 is 5.48. The number of aldehydes is 1. The van der Waals surface area contributed by atoms with Crippen molar-refractivity contribution in [1.82, 2.24) is 0 Å². The monoisotopic (exact) mass is 129 g/mol. The van der Waals surface area contributed by atoms with Gasteiger partial charge in [0, 0.05) is 0 Å². The van der Waals surface area contributed by atoms with E-state index in [1.54, 1.807) is 6.08 Å². The lowest BCUT2D eigenvalue weighted by Gasteiger charge is -1.81. The molecule has 0 saturated carbocycles. The molecule has 0 atom stereocenters. The van der Waals surface area contributed by atoms with Gasteiger partial charge in [0.05, 0.1) is 11.6 Å². The maximum Gasteiger partial charge on any atom is 0.169 e. The van der Waals surface area contributed by atoms with E-state index in [1.165, 1.54) is 0 Å². The van der Waals surface area contributed by atoms with Gasteiger partial charge in [0.1, 0.15) is 5.71 Å². The van der Waals surface area contributed by atoms with Gasteiger partial charge in [0.2, 0.25) is 0 Å². The summed E-state index contributed by atoms with van der Waals surface area (Å²) < 4.78 is 0. The van der Waals surface area contributed by atoms with Crippen molar-refractivity contribution in [2.75, 3.05) is 6.54 Å². The highest BCUT2D eigenvalue weighted by molar-refractivity contribution is 6.55. The van der Waals surface area contributed by atoms with Gasteiger partial charge in [0.15, 0.2) is 6.29 Å². The van der Waals surface area contributed by atoms with Crippen molar-refractivity contribution in [2.45, 2.75) is 0 Å². The molecule has 8 heavy (non-hydrogen) atoms. The smallest absolute Gasteiger partial charge is 0.169 e. The zero-order valence-electron chi connectivity index (χ0n) is 4.10. The van der Waals surface area contributed by atoms with Gasteiger partial charge < -0.3 is 0 Å². The summed E-state index contributed by atoms with van der Waals surface area (Å²) in [5.74, 6) is 0. The van der Waals surface area contributed by atoms with E-state index in [0.717, 1.165) is 0 Å². The minimum absolute atomic E-state index is 0.367. The van der Waals surface area contributed by atoms with Crippen molar-refractivity contribution in [3.05, 3.63) is 11.1 Å². The summed E-state index contributed by atoms with van der Waals surface area (Å²) in [6, 6.07) is 0. The van der Waals surface area contributed by atoms with Gasteiger partial charge in [-0.3, -0.25) is 9.79 Å². The fourth-order valence-electron chi connectivity index (χ4n) is 0.498. The molecule has 0 amide bonds. The van der Waals surface area contributed by atoms with E-state index in [2.05, 4.69) is 4.99 Å². The molecule has 0 unspecified atom stereocenters. The number of hydrogen-bond donors (Lipinski definition) is 0. The first-order valence-electron chi connectivity index (χ1n) is 2.20. The Hall–Kier alpha value is -0.630. The summed E-state index contributed by atoms with van der Waals surface area (Å²) in [5.41, 5.74) is 0.367. The van der Waals surface area contributed by atoms with Crippen LogP contribution >= 0.6 is 11.6 Å². The second-order valence-corrected chi connectivity index (χ2v) is 1.80. The Morgan fingerprint density at radius 2 is 2.62 bits per heavy atom. The van der Waals surface area contributed by atoms with E-state index in [9.17, 15) is 4.79 Å². The number of allylic oxidation sites excluding steroid dienone is 1. The fourth-order valence-corrected chi connectivity index (χ4v) is 0.671. The van der Waals surface area contributed by atoms with Crippen molar-refractivity contribution >= 4 is 23.6 Å². The van der Waals surface area contributed by atoms with Gasteiger partial charge in [-0.2, -0.15) is 0 Å².